The summed E-state index contributed by atoms with van der Waals surface area (Å²) in [6.07, 6.45) is 4.92. The third kappa shape index (κ3) is 4.68. The maximum Gasteiger partial charge on any atom is 0.270 e. The lowest BCUT2D eigenvalue weighted by molar-refractivity contribution is -0.125. The number of piperidine rings is 1. The fourth-order valence-corrected chi connectivity index (χ4v) is 6.88. The van der Waals surface area contributed by atoms with E-state index in [0.717, 1.165) is 56.1 Å². The summed E-state index contributed by atoms with van der Waals surface area (Å²) in [5, 5.41) is 4.40. The van der Waals surface area contributed by atoms with Gasteiger partial charge in [-0.15, -0.1) is 0 Å². The van der Waals surface area contributed by atoms with Crippen molar-refractivity contribution < 1.29 is 9.59 Å². The molecule has 1 aliphatic heterocycles. The fraction of sp³-hybridized carbons (Fsp3) is 0.484. The van der Waals surface area contributed by atoms with Gasteiger partial charge in [-0.2, -0.15) is 0 Å². The number of amides is 2. The van der Waals surface area contributed by atoms with Crippen molar-refractivity contribution >= 4 is 22.7 Å². The highest BCUT2D eigenvalue weighted by molar-refractivity contribution is 5.98. The van der Waals surface area contributed by atoms with E-state index < -0.39 is 0 Å². The van der Waals surface area contributed by atoms with E-state index in [1.807, 2.05) is 17.0 Å². The number of hydrogen-bond donors (Lipinski definition) is 2. The number of nitrogens with zero attached hydrogens (tertiary/aromatic N) is 1. The van der Waals surface area contributed by atoms with Gasteiger partial charge in [-0.05, 0) is 107 Å². The van der Waals surface area contributed by atoms with Crippen LogP contribution < -0.4 is 5.32 Å². The van der Waals surface area contributed by atoms with Crippen molar-refractivity contribution in [3.63, 3.8) is 0 Å². The molecular formula is C31H39N3O2. The summed E-state index contributed by atoms with van der Waals surface area (Å²) in [4.78, 5) is 31.7. The number of carbonyl (C=O) groups excluding carboxylic acids is 2. The SMILES string of the molecule is Cc1cc(C)c(C(C)NC(=O)C2CCC3(CCN(C(=O)c4cc5cc(C)ccc5[nH]4)CC3)C2)c(C)c1. The van der Waals surface area contributed by atoms with Crippen LogP contribution in [0, 0.1) is 39.0 Å². The summed E-state index contributed by atoms with van der Waals surface area (Å²) >= 11 is 0. The van der Waals surface area contributed by atoms with Crippen LogP contribution in [0.1, 0.15) is 83.4 Å². The molecule has 2 atom stereocenters. The Morgan fingerprint density at radius 1 is 0.972 bits per heavy atom. The van der Waals surface area contributed by atoms with Gasteiger partial charge in [0.05, 0.1) is 6.04 Å². The van der Waals surface area contributed by atoms with Crippen molar-refractivity contribution in [2.75, 3.05) is 13.1 Å². The molecule has 2 N–H and O–H groups in total. The number of nitrogens with one attached hydrogen (secondary N) is 2. The number of benzene rings is 2. The van der Waals surface area contributed by atoms with E-state index in [9.17, 15) is 9.59 Å². The molecule has 5 nitrogen and oxygen atoms in total. The molecule has 2 fully saturated rings. The monoisotopic (exact) mass is 485 g/mol. The molecule has 36 heavy (non-hydrogen) atoms. The van der Waals surface area contributed by atoms with Gasteiger partial charge in [-0.25, -0.2) is 0 Å². The quantitative estimate of drug-likeness (QED) is 0.455. The molecule has 2 amide bonds. The summed E-state index contributed by atoms with van der Waals surface area (Å²) in [6.45, 7) is 12.1. The van der Waals surface area contributed by atoms with Crippen LogP contribution in [0.5, 0.6) is 0 Å². The lowest BCUT2D eigenvalue weighted by Crippen LogP contribution is -2.43. The van der Waals surface area contributed by atoms with E-state index in [2.05, 4.69) is 69.2 Å². The van der Waals surface area contributed by atoms with Crippen molar-refractivity contribution in [3.05, 3.63) is 69.9 Å². The molecule has 2 aliphatic rings. The van der Waals surface area contributed by atoms with Gasteiger partial charge in [0.15, 0.2) is 0 Å². The number of H-pyrrole nitrogens is 1. The molecule has 1 saturated heterocycles. The summed E-state index contributed by atoms with van der Waals surface area (Å²) < 4.78 is 0. The summed E-state index contributed by atoms with van der Waals surface area (Å²) in [5.74, 6) is 0.340. The predicted molar refractivity (Wildman–Crippen MR) is 145 cm³/mol. The standard InChI is InChI=1S/C31H39N3O2/c1-19-6-7-26-25(16-19)17-27(33-26)30(36)34-12-10-31(11-13-34)9-8-24(18-31)29(35)32-23(5)28-21(3)14-20(2)15-22(28)4/h6-7,14-17,23-24,33H,8-13,18H2,1-5H3,(H,32,35). The molecule has 5 rings (SSSR count). The minimum atomic E-state index is 0.00853. The highest BCUT2D eigenvalue weighted by Crippen LogP contribution is 2.49. The second kappa shape index (κ2) is 9.42. The Bertz CT molecular complexity index is 1290. The van der Waals surface area contributed by atoms with Crippen LogP contribution in [-0.4, -0.2) is 34.8 Å². The van der Waals surface area contributed by atoms with Crippen molar-refractivity contribution in [3.8, 4) is 0 Å². The van der Waals surface area contributed by atoms with Crippen LogP contribution in [0.3, 0.4) is 0 Å². The number of carbonyl (C=O) groups is 2. The fourth-order valence-electron chi connectivity index (χ4n) is 6.88. The Morgan fingerprint density at radius 3 is 2.36 bits per heavy atom. The lowest BCUT2D eigenvalue weighted by Gasteiger charge is -2.39. The third-order valence-corrected chi connectivity index (χ3v) is 8.72. The van der Waals surface area contributed by atoms with Crippen molar-refractivity contribution in [1.82, 2.24) is 15.2 Å². The number of aryl methyl sites for hydroxylation is 4. The van der Waals surface area contributed by atoms with E-state index in [0.29, 0.717) is 5.69 Å². The number of aromatic nitrogens is 1. The Kier molecular flexibility index (Phi) is 6.44. The van der Waals surface area contributed by atoms with E-state index in [4.69, 9.17) is 0 Å². The molecule has 5 heteroatoms. The first-order chi connectivity index (χ1) is 17.1. The maximum absolute atomic E-state index is 13.2. The second-order valence-corrected chi connectivity index (χ2v) is 11.5. The summed E-state index contributed by atoms with van der Waals surface area (Å²) in [6, 6.07) is 12.6. The van der Waals surface area contributed by atoms with Crippen molar-refractivity contribution in [1.29, 1.82) is 0 Å². The highest BCUT2D eigenvalue weighted by Gasteiger charge is 2.44. The molecule has 1 spiro atoms. The molecule has 1 aliphatic carbocycles. The van der Waals surface area contributed by atoms with Crippen LogP contribution in [0.4, 0.5) is 0 Å². The first-order valence-electron chi connectivity index (χ1n) is 13.4. The zero-order valence-electron chi connectivity index (χ0n) is 22.3. The smallest absolute Gasteiger partial charge is 0.270 e. The average molecular weight is 486 g/mol. The van der Waals surface area contributed by atoms with Crippen LogP contribution in [0.2, 0.25) is 0 Å². The molecule has 2 unspecified atom stereocenters. The zero-order chi connectivity index (χ0) is 25.6. The molecule has 0 radical (unpaired) electrons. The van der Waals surface area contributed by atoms with Gasteiger partial charge in [-0.3, -0.25) is 9.59 Å². The van der Waals surface area contributed by atoms with E-state index in [1.165, 1.54) is 27.8 Å². The van der Waals surface area contributed by atoms with E-state index >= 15 is 0 Å². The van der Waals surface area contributed by atoms with Crippen LogP contribution in [0.15, 0.2) is 36.4 Å². The van der Waals surface area contributed by atoms with E-state index in [1.54, 1.807) is 0 Å². The second-order valence-electron chi connectivity index (χ2n) is 11.5. The minimum absolute atomic E-state index is 0.00853. The molecule has 2 aromatic carbocycles. The Balaban J connectivity index is 1.18. The van der Waals surface area contributed by atoms with Gasteiger partial charge >= 0.3 is 0 Å². The van der Waals surface area contributed by atoms with Gasteiger partial charge < -0.3 is 15.2 Å². The van der Waals surface area contributed by atoms with E-state index in [-0.39, 0.29) is 29.2 Å². The minimum Gasteiger partial charge on any atom is -0.351 e. The molecule has 1 aromatic heterocycles. The molecule has 0 bridgehead atoms. The maximum atomic E-state index is 13.2. The first kappa shape index (κ1) is 24.6. The summed E-state index contributed by atoms with van der Waals surface area (Å²) in [7, 11) is 0. The predicted octanol–water partition coefficient (Wildman–Crippen LogP) is 6.30. The Morgan fingerprint density at radius 2 is 1.67 bits per heavy atom. The molecule has 2 heterocycles. The number of hydrogen-bond acceptors (Lipinski definition) is 2. The van der Waals surface area contributed by atoms with Crippen LogP contribution in [0.25, 0.3) is 10.9 Å². The molecule has 1 saturated carbocycles. The van der Waals surface area contributed by atoms with Gasteiger partial charge in [0, 0.05) is 29.9 Å². The van der Waals surface area contributed by atoms with Crippen molar-refractivity contribution in [2.45, 2.75) is 72.8 Å². The highest BCUT2D eigenvalue weighted by atomic mass is 16.2. The lowest BCUT2D eigenvalue weighted by atomic mass is 9.76. The van der Waals surface area contributed by atoms with Crippen LogP contribution in [-0.2, 0) is 4.79 Å². The Hall–Kier alpha value is -3.08. The number of likely N-dealkylation sites (tertiary alicyclic amines) is 1. The molecular weight excluding hydrogens is 446 g/mol. The largest absolute Gasteiger partial charge is 0.351 e. The summed E-state index contributed by atoms with van der Waals surface area (Å²) in [5.41, 5.74) is 8.04. The first-order valence-corrected chi connectivity index (χ1v) is 13.4. The number of fused-ring (bicyclic) bond motifs is 1. The van der Waals surface area contributed by atoms with Gasteiger partial charge in [0.2, 0.25) is 5.91 Å². The number of aromatic amines is 1. The third-order valence-electron chi connectivity index (χ3n) is 8.72. The van der Waals surface area contributed by atoms with Gasteiger partial charge in [0.25, 0.3) is 5.91 Å². The Labute approximate surface area is 214 Å². The molecule has 190 valence electrons. The van der Waals surface area contributed by atoms with Gasteiger partial charge in [-0.1, -0.05) is 29.3 Å². The average Bonchev–Trinajstić information content (AvgIpc) is 3.43. The van der Waals surface area contributed by atoms with Crippen LogP contribution >= 0.6 is 0 Å². The normalized spacial score (nSPS) is 20.1. The van der Waals surface area contributed by atoms with Gasteiger partial charge in [0.1, 0.15) is 5.69 Å². The topological polar surface area (TPSA) is 65.2 Å². The number of rotatable bonds is 4. The molecule has 3 aromatic rings. The zero-order valence-corrected chi connectivity index (χ0v) is 22.3. The van der Waals surface area contributed by atoms with Crippen molar-refractivity contribution in [2.24, 2.45) is 11.3 Å².